The van der Waals surface area contributed by atoms with E-state index in [1.807, 2.05) is 6.92 Å². The molecule has 1 heterocycles. The van der Waals surface area contributed by atoms with Crippen LogP contribution in [-0.4, -0.2) is 49.1 Å². The van der Waals surface area contributed by atoms with E-state index in [0.717, 1.165) is 16.4 Å². The third-order valence-electron chi connectivity index (χ3n) is 2.66. The molecular weight excluding hydrogens is 278 g/mol. The first-order valence-corrected chi connectivity index (χ1v) is 7.87. The van der Waals surface area contributed by atoms with Gasteiger partial charge in [0.1, 0.15) is 0 Å². The number of rotatable bonds is 9. The average Bonchev–Trinajstić information content (AvgIpc) is 2.45. The highest BCUT2D eigenvalue weighted by atomic mass is 32.2. The molecular formula is C13H21N3O3S. The zero-order chi connectivity index (χ0) is 15.0. The summed E-state index contributed by atoms with van der Waals surface area (Å²) in [5.74, 6) is 0. The molecule has 0 aromatic carbocycles. The molecule has 1 aromatic heterocycles. The second-order valence-corrected chi connectivity index (χ2v) is 6.05. The molecule has 0 atom stereocenters. The van der Waals surface area contributed by atoms with Crippen LogP contribution in [0, 0.1) is 0 Å². The van der Waals surface area contributed by atoms with Crippen molar-refractivity contribution in [1.82, 2.24) is 14.6 Å². The smallest absolute Gasteiger partial charge is 0.260 e. The predicted molar refractivity (Wildman–Crippen MR) is 77.7 cm³/mol. The van der Waals surface area contributed by atoms with Gasteiger partial charge in [0, 0.05) is 25.8 Å². The van der Waals surface area contributed by atoms with Crippen LogP contribution < -0.4 is 5.32 Å². The Morgan fingerprint density at radius 3 is 2.75 bits per heavy atom. The Balaban J connectivity index is 2.93. The summed E-state index contributed by atoms with van der Waals surface area (Å²) >= 11 is 0. The highest BCUT2D eigenvalue weighted by molar-refractivity contribution is 7.89. The number of aromatic nitrogens is 1. The molecule has 0 saturated heterocycles. The number of pyridine rings is 1. The van der Waals surface area contributed by atoms with Crippen LogP contribution in [0.4, 0.5) is 0 Å². The molecule has 20 heavy (non-hydrogen) atoms. The van der Waals surface area contributed by atoms with Crippen molar-refractivity contribution in [1.29, 1.82) is 0 Å². The van der Waals surface area contributed by atoms with Gasteiger partial charge in [-0.05, 0) is 18.2 Å². The fraction of sp³-hybridized carbons (Fsp3) is 0.462. The molecule has 0 fully saturated rings. The van der Waals surface area contributed by atoms with E-state index < -0.39 is 10.0 Å². The predicted octanol–water partition coefficient (Wildman–Crippen LogP) is 0.360. The maximum Gasteiger partial charge on any atom is 0.260 e. The minimum atomic E-state index is -3.69. The molecule has 6 nitrogen and oxygen atoms in total. The minimum absolute atomic E-state index is 0.0203. The van der Waals surface area contributed by atoms with Crippen molar-refractivity contribution in [2.45, 2.75) is 18.5 Å². The van der Waals surface area contributed by atoms with Crippen molar-refractivity contribution < 1.29 is 13.5 Å². The number of sulfonamides is 1. The third-order valence-corrected chi connectivity index (χ3v) is 4.44. The van der Waals surface area contributed by atoms with E-state index in [0.29, 0.717) is 6.54 Å². The summed E-state index contributed by atoms with van der Waals surface area (Å²) in [7, 11) is -3.69. The standard InChI is InChI=1S/C13H21N3O3S/c1-3-7-16(8-9-17)20(18,19)13-6-5-12(11-15-13)10-14-4-2/h3,5-6,11,14,17H,1,4,7-10H2,2H3. The van der Waals surface area contributed by atoms with Gasteiger partial charge < -0.3 is 10.4 Å². The summed E-state index contributed by atoms with van der Waals surface area (Å²) in [4.78, 5) is 4.00. The van der Waals surface area contributed by atoms with Crippen LogP contribution in [0.1, 0.15) is 12.5 Å². The molecule has 0 bridgehead atoms. The fourth-order valence-electron chi connectivity index (χ4n) is 1.63. The Kier molecular flexibility index (Phi) is 6.80. The van der Waals surface area contributed by atoms with Crippen LogP contribution in [0.25, 0.3) is 0 Å². The Bertz CT molecular complexity index is 514. The summed E-state index contributed by atoms with van der Waals surface area (Å²) in [6, 6.07) is 3.21. The highest BCUT2D eigenvalue weighted by Crippen LogP contribution is 2.13. The number of aliphatic hydroxyl groups is 1. The Morgan fingerprint density at radius 1 is 1.50 bits per heavy atom. The molecule has 0 amide bonds. The van der Waals surface area contributed by atoms with Crippen LogP contribution in [0.2, 0.25) is 0 Å². The zero-order valence-corrected chi connectivity index (χ0v) is 12.4. The van der Waals surface area contributed by atoms with Crippen LogP contribution in [0.15, 0.2) is 36.0 Å². The van der Waals surface area contributed by atoms with Crippen molar-refractivity contribution in [3.8, 4) is 0 Å². The van der Waals surface area contributed by atoms with Crippen LogP contribution in [0.3, 0.4) is 0 Å². The monoisotopic (exact) mass is 299 g/mol. The van der Waals surface area contributed by atoms with Gasteiger partial charge in [-0.1, -0.05) is 19.1 Å². The van der Waals surface area contributed by atoms with Crippen LogP contribution >= 0.6 is 0 Å². The third kappa shape index (κ3) is 4.38. The first-order valence-electron chi connectivity index (χ1n) is 6.43. The van der Waals surface area contributed by atoms with Crippen molar-refractivity contribution in [2.75, 3.05) is 26.2 Å². The average molecular weight is 299 g/mol. The molecule has 0 aliphatic heterocycles. The summed E-state index contributed by atoms with van der Waals surface area (Å²) in [6.45, 7) is 6.92. The minimum Gasteiger partial charge on any atom is -0.395 e. The summed E-state index contributed by atoms with van der Waals surface area (Å²) in [6.07, 6.45) is 3.02. The molecule has 7 heteroatoms. The quantitative estimate of drug-likeness (QED) is 0.643. The van der Waals surface area contributed by atoms with E-state index in [4.69, 9.17) is 5.11 Å². The molecule has 0 spiro atoms. The van der Waals surface area contributed by atoms with Gasteiger partial charge in [0.05, 0.1) is 6.61 Å². The van der Waals surface area contributed by atoms with Crippen molar-refractivity contribution in [3.63, 3.8) is 0 Å². The molecule has 0 aliphatic rings. The van der Waals surface area contributed by atoms with E-state index in [1.165, 1.54) is 12.1 Å². The lowest BCUT2D eigenvalue weighted by atomic mass is 10.3. The molecule has 112 valence electrons. The number of aliphatic hydroxyl groups excluding tert-OH is 1. The largest absolute Gasteiger partial charge is 0.395 e. The van der Waals surface area contributed by atoms with E-state index >= 15 is 0 Å². The summed E-state index contributed by atoms with van der Waals surface area (Å²) in [5.41, 5.74) is 0.920. The zero-order valence-electron chi connectivity index (χ0n) is 11.6. The van der Waals surface area contributed by atoms with Gasteiger partial charge in [0.15, 0.2) is 5.03 Å². The van der Waals surface area contributed by atoms with Crippen molar-refractivity contribution in [3.05, 3.63) is 36.5 Å². The number of hydrogen-bond donors (Lipinski definition) is 2. The Morgan fingerprint density at radius 2 is 2.25 bits per heavy atom. The molecule has 1 rings (SSSR count). The second kappa shape index (κ2) is 8.11. The molecule has 2 N–H and O–H groups in total. The SMILES string of the molecule is C=CCN(CCO)S(=O)(=O)c1ccc(CNCC)cn1. The maximum absolute atomic E-state index is 12.3. The van der Waals surface area contributed by atoms with Crippen LogP contribution in [-0.2, 0) is 16.6 Å². The fourth-order valence-corrected chi connectivity index (χ4v) is 2.95. The topological polar surface area (TPSA) is 82.5 Å². The lowest BCUT2D eigenvalue weighted by Gasteiger charge is -2.19. The highest BCUT2D eigenvalue weighted by Gasteiger charge is 2.24. The lowest BCUT2D eigenvalue weighted by molar-refractivity contribution is 0.260. The van der Waals surface area contributed by atoms with Gasteiger partial charge in [0.2, 0.25) is 0 Å². The Labute approximate surface area is 120 Å². The van der Waals surface area contributed by atoms with Crippen molar-refractivity contribution >= 4 is 10.0 Å². The van der Waals surface area contributed by atoms with Gasteiger partial charge >= 0.3 is 0 Å². The lowest BCUT2D eigenvalue weighted by Crippen LogP contribution is -2.34. The summed E-state index contributed by atoms with van der Waals surface area (Å²) in [5, 5.41) is 12.1. The van der Waals surface area contributed by atoms with E-state index in [2.05, 4.69) is 16.9 Å². The molecule has 0 radical (unpaired) electrons. The maximum atomic E-state index is 12.3. The number of hydrogen-bond acceptors (Lipinski definition) is 5. The van der Waals surface area contributed by atoms with Crippen LogP contribution in [0.5, 0.6) is 0 Å². The first-order chi connectivity index (χ1) is 9.56. The van der Waals surface area contributed by atoms with Gasteiger partial charge in [-0.2, -0.15) is 4.31 Å². The molecule has 0 saturated carbocycles. The van der Waals surface area contributed by atoms with E-state index in [-0.39, 0.29) is 24.7 Å². The number of nitrogens with zero attached hydrogens (tertiary/aromatic N) is 2. The Hall–Kier alpha value is -1.28. The van der Waals surface area contributed by atoms with Crippen molar-refractivity contribution in [2.24, 2.45) is 0 Å². The van der Waals surface area contributed by atoms with E-state index in [1.54, 1.807) is 12.3 Å². The molecule has 1 aromatic rings. The van der Waals surface area contributed by atoms with Gasteiger partial charge in [0.25, 0.3) is 10.0 Å². The van der Waals surface area contributed by atoms with Gasteiger partial charge in [-0.25, -0.2) is 13.4 Å². The van der Waals surface area contributed by atoms with Gasteiger partial charge in [-0.15, -0.1) is 6.58 Å². The second-order valence-electron chi connectivity index (χ2n) is 4.16. The summed E-state index contributed by atoms with van der Waals surface area (Å²) < 4.78 is 25.8. The molecule has 0 unspecified atom stereocenters. The normalized spacial score (nSPS) is 11.8. The van der Waals surface area contributed by atoms with Gasteiger partial charge in [-0.3, -0.25) is 0 Å². The first kappa shape index (κ1) is 16.8. The number of nitrogens with one attached hydrogen (secondary N) is 1. The van der Waals surface area contributed by atoms with E-state index in [9.17, 15) is 8.42 Å². The molecule has 0 aliphatic carbocycles.